The standard InChI is InChI=1S/C25H28N4O7/c1-5-35-23(31)19-14-16-13-17(10-11-18(16)27-19)26-21(30)12-9-15-7-6-8-20(29(33)34)22(15)28-24(32)36-25(2,3)4/h6-8,10-11,13-14,27H,5,9,12H2,1-4H3,(H,26,30)(H,28,32). The maximum Gasteiger partial charge on any atom is 0.412 e. The number of hydrogen-bond acceptors (Lipinski definition) is 7. The van der Waals surface area contributed by atoms with Crippen molar-refractivity contribution >= 4 is 45.9 Å². The Kier molecular flexibility index (Phi) is 7.93. The fourth-order valence-corrected chi connectivity index (χ4v) is 3.50. The van der Waals surface area contributed by atoms with Gasteiger partial charge >= 0.3 is 12.1 Å². The van der Waals surface area contributed by atoms with E-state index < -0.39 is 22.6 Å². The van der Waals surface area contributed by atoms with Gasteiger partial charge in [-0.1, -0.05) is 12.1 Å². The molecule has 1 aromatic heterocycles. The quantitative estimate of drug-likeness (QED) is 0.221. The van der Waals surface area contributed by atoms with Gasteiger partial charge in [0, 0.05) is 29.1 Å². The zero-order valence-electron chi connectivity index (χ0n) is 20.5. The summed E-state index contributed by atoms with van der Waals surface area (Å²) in [5.74, 6) is -0.794. The third-order valence-electron chi connectivity index (χ3n) is 4.97. The molecule has 11 heteroatoms. The Morgan fingerprint density at radius 2 is 1.83 bits per heavy atom. The predicted octanol–water partition coefficient (Wildman–Crippen LogP) is 5.17. The summed E-state index contributed by atoms with van der Waals surface area (Å²) in [4.78, 5) is 50.7. The first kappa shape index (κ1) is 26.2. The van der Waals surface area contributed by atoms with E-state index >= 15 is 0 Å². The smallest absolute Gasteiger partial charge is 0.412 e. The summed E-state index contributed by atoms with van der Waals surface area (Å²) in [6, 6.07) is 11.1. The number of H-pyrrole nitrogens is 1. The predicted molar refractivity (Wildman–Crippen MR) is 134 cm³/mol. The first-order valence-electron chi connectivity index (χ1n) is 11.3. The van der Waals surface area contributed by atoms with Gasteiger partial charge in [-0.05, 0) is 63.9 Å². The Labute approximate surface area is 207 Å². The van der Waals surface area contributed by atoms with Crippen molar-refractivity contribution in [2.45, 2.75) is 46.1 Å². The number of carbonyl (C=O) groups excluding carboxylic acids is 3. The number of esters is 1. The summed E-state index contributed by atoms with van der Waals surface area (Å²) >= 11 is 0. The van der Waals surface area contributed by atoms with E-state index in [0.717, 1.165) is 5.39 Å². The molecule has 36 heavy (non-hydrogen) atoms. The van der Waals surface area contributed by atoms with Crippen LogP contribution >= 0.6 is 0 Å². The second-order valence-electron chi connectivity index (χ2n) is 8.95. The molecule has 3 rings (SSSR count). The summed E-state index contributed by atoms with van der Waals surface area (Å²) < 4.78 is 10.2. The van der Waals surface area contributed by atoms with Crippen LogP contribution in [-0.4, -0.2) is 40.1 Å². The Morgan fingerprint density at radius 3 is 2.50 bits per heavy atom. The SMILES string of the molecule is CCOC(=O)c1cc2cc(NC(=O)CCc3cccc([N+](=O)[O-])c3NC(=O)OC(C)(C)C)ccc2[nH]1. The highest BCUT2D eigenvalue weighted by Crippen LogP contribution is 2.30. The molecule has 2 aromatic carbocycles. The average Bonchev–Trinajstić information content (AvgIpc) is 3.20. The minimum absolute atomic E-state index is 0.00339. The maximum atomic E-state index is 12.6. The lowest BCUT2D eigenvalue weighted by Gasteiger charge is -2.20. The van der Waals surface area contributed by atoms with Crippen LogP contribution in [-0.2, 0) is 20.7 Å². The molecule has 0 aliphatic carbocycles. The van der Waals surface area contributed by atoms with Gasteiger partial charge in [0.15, 0.2) is 0 Å². The molecule has 0 fully saturated rings. The van der Waals surface area contributed by atoms with Crippen LogP contribution in [0.4, 0.5) is 21.9 Å². The number of para-hydroxylation sites is 1. The number of benzene rings is 2. The topological polar surface area (TPSA) is 153 Å². The second-order valence-corrected chi connectivity index (χ2v) is 8.95. The highest BCUT2D eigenvalue weighted by atomic mass is 16.6. The third-order valence-corrected chi connectivity index (χ3v) is 4.97. The van der Waals surface area contributed by atoms with Gasteiger partial charge in [0.2, 0.25) is 5.91 Å². The monoisotopic (exact) mass is 496 g/mol. The van der Waals surface area contributed by atoms with Gasteiger partial charge in [-0.15, -0.1) is 0 Å². The van der Waals surface area contributed by atoms with E-state index in [0.29, 0.717) is 22.5 Å². The number of amides is 2. The van der Waals surface area contributed by atoms with Gasteiger partial charge in [0.05, 0.1) is 11.5 Å². The van der Waals surface area contributed by atoms with Crippen molar-refractivity contribution in [2.75, 3.05) is 17.2 Å². The lowest BCUT2D eigenvalue weighted by molar-refractivity contribution is -0.384. The molecule has 1 heterocycles. The number of ether oxygens (including phenoxy) is 2. The Hall–Kier alpha value is -4.41. The molecule has 0 spiro atoms. The van der Waals surface area contributed by atoms with E-state index in [2.05, 4.69) is 15.6 Å². The van der Waals surface area contributed by atoms with Crippen LogP contribution in [0.5, 0.6) is 0 Å². The number of nitro groups is 1. The summed E-state index contributed by atoms with van der Waals surface area (Å²) in [5, 5.41) is 17.5. The van der Waals surface area contributed by atoms with Crippen LogP contribution in [0.1, 0.15) is 50.2 Å². The van der Waals surface area contributed by atoms with Crippen LogP contribution in [0.25, 0.3) is 10.9 Å². The zero-order chi connectivity index (χ0) is 26.5. The van der Waals surface area contributed by atoms with Crippen molar-refractivity contribution < 1.29 is 28.8 Å². The molecular formula is C25H28N4O7. The molecule has 2 amide bonds. The number of carbonyl (C=O) groups is 3. The molecule has 0 saturated carbocycles. The minimum Gasteiger partial charge on any atom is -0.461 e. The number of nitrogens with zero attached hydrogens (tertiary/aromatic N) is 1. The first-order chi connectivity index (χ1) is 17.0. The van der Waals surface area contributed by atoms with Crippen LogP contribution in [0.2, 0.25) is 0 Å². The Balaban J connectivity index is 1.71. The minimum atomic E-state index is -0.829. The van der Waals surface area contributed by atoms with Crippen LogP contribution < -0.4 is 10.6 Å². The molecule has 0 aliphatic rings. The molecule has 0 bridgehead atoms. The summed E-state index contributed by atoms with van der Waals surface area (Å²) in [5.41, 5.74) is 0.875. The lowest BCUT2D eigenvalue weighted by atomic mass is 10.1. The van der Waals surface area contributed by atoms with E-state index in [4.69, 9.17) is 9.47 Å². The zero-order valence-corrected chi connectivity index (χ0v) is 20.5. The summed E-state index contributed by atoms with van der Waals surface area (Å²) in [6.45, 7) is 7.02. The van der Waals surface area contributed by atoms with Gasteiger partial charge < -0.3 is 19.8 Å². The van der Waals surface area contributed by atoms with Crippen LogP contribution in [0.3, 0.4) is 0 Å². The van der Waals surface area contributed by atoms with E-state index in [1.54, 1.807) is 58.0 Å². The fourth-order valence-electron chi connectivity index (χ4n) is 3.50. The molecule has 0 atom stereocenters. The molecule has 3 N–H and O–H groups in total. The van der Waals surface area contributed by atoms with Crippen molar-refractivity contribution in [3.05, 3.63) is 63.8 Å². The van der Waals surface area contributed by atoms with Crippen molar-refractivity contribution in [3.63, 3.8) is 0 Å². The van der Waals surface area contributed by atoms with Gasteiger partial charge in [-0.2, -0.15) is 0 Å². The lowest BCUT2D eigenvalue weighted by Crippen LogP contribution is -2.27. The number of anilines is 2. The molecule has 0 saturated heterocycles. The van der Waals surface area contributed by atoms with Crippen molar-refractivity contribution in [3.8, 4) is 0 Å². The third kappa shape index (κ3) is 6.81. The molecular weight excluding hydrogens is 468 g/mol. The van der Waals surface area contributed by atoms with E-state index in [1.165, 1.54) is 12.1 Å². The van der Waals surface area contributed by atoms with E-state index in [-0.39, 0.29) is 36.7 Å². The maximum absolute atomic E-state index is 12.6. The Bertz CT molecular complexity index is 1310. The molecule has 0 unspecified atom stereocenters. The van der Waals surface area contributed by atoms with Gasteiger partial charge in [0.1, 0.15) is 17.0 Å². The van der Waals surface area contributed by atoms with Crippen molar-refractivity contribution in [1.82, 2.24) is 4.98 Å². The molecule has 11 nitrogen and oxygen atoms in total. The number of hydrogen-bond donors (Lipinski definition) is 3. The number of nitrogens with one attached hydrogen (secondary N) is 3. The highest BCUT2D eigenvalue weighted by molar-refractivity contribution is 5.98. The van der Waals surface area contributed by atoms with Crippen LogP contribution in [0, 0.1) is 10.1 Å². The number of aromatic amines is 1. The normalized spacial score (nSPS) is 11.1. The van der Waals surface area contributed by atoms with Gasteiger partial charge in [-0.3, -0.25) is 20.2 Å². The number of aryl methyl sites for hydroxylation is 1. The number of nitro benzene ring substituents is 1. The molecule has 190 valence electrons. The van der Waals surface area contributed by atoms with Crippen molar-refractivity contribution in [1.29, 1.82) is 0 Å². The largest absolute Gasteiger partial charge is 0.461 e. The van der Waals surface area contributed by atoms with Gasteiger partial charge in [0.25, 0.3) is 5.69 Å². The number of aromatic nitrogens is 1. The molecule has 0 aliphatic heterocycles. The van der Waals surface area contributed by atoms with Crippen LogP contribution in [0.15, 0.2) is 42.5 Å². The second kappa shape index (κ2) is 10.9. The van der Waals surface area contributed by atoms with Gasteiger partial charge in [-0.25, -0.2) is 9.59 Å². The molecule has 0 radical (unpaired) electrons. The van der Waals surface area contributed by atoms with E-state index in [1.807, 2.05) is 0 Å². The number of fused-ring (bicyclic) bond motifs is 1. The summed E-state index contributed by atoms with van der Waals surface area (Å²) in [7, 11) is 0. The first-order valence-corrected chi connectivity index (χ1v) is 11.3. The average molecular weight is 497 g/mol. The Morgan fingerprint density at radius 1 is 1.08 bits per heavy atom. The fraction of sp³-hybridized carbons (Fsp3) is 0.320. The summed E-state index contributed by atoms with van der Waals surface area (Å²) in [6.07, 6.45) is -0.689. The van der Waals surface area contributed by atoms with Crippen molar-refractivity contribution in [2.24, 2.45) is 0 Å². The molecule has 3 aromatic rings. The highest BCUT2D eigenvalue weighted by Gasteiger charge is 2.23. The van der Waals surface area contributed by atoms with E-state index in [9.17, 15) is 24.5 Å². The number of rotatable bonds is 8.